The van der Waals surface area contributed by atoms with Gasteiger partial charge in [0.05, 0.1) is 17.2 Å². The monoisotopic (exact) mass is 234 g/mol. The van der Waals surface area contributed by atoms with Crippen LogP contribution in [-0.4, -0.2) is 16.5 Å². The van der Waals surface area contributed by atoms with E-state index in [4.69, 9.17) is 0 Å². The zero-order valence-electron chi connectivity index (χ0n) is 9.55. The van der Waals surface area contributed by atoms with Crippen LogP contribution in [0.15, 0.2) is 53.6 Å². The van der Waals surface area contributed by atoms with Gasteiger partial charge in [-0.25, -0.2) is 4.99 Å². The number of para-hydroxylation sites is 1. The van der Waals surface area contributed by atoms with Crippen molar-refractivity contribution in [1.29, 1.82) is 0 Å². The molecule has 1 aromatic carbocycles. The van der Waals surface area contributed by atoms with Gasteiger partial charge in [-0.2, -0.15) is 0 Å². The Hall–Kier alpha value is -2.42. The molecule has 0 saturated heterocycles. The lowest BCUT2D eigenvalue weighted by Crippen LogP contribution is -2.25. The van der Waals surface area contributed by atoms with Gasteiger partial charge >= 0.3 is 0 Å². The lowest BCUT2D eigenvalue weighted by Gasteiger charge is -2.18. The standard InChI is InChI=1S/C15H10N2O/c18-14-10-6-2-4-8-12(10)17-15-13(14)9-5-1-3-7-11(9)16-15/h1-8,10,16H. The van der Waals surface area contributed by atoms with Crippen molar-refractivity contribution in [2.45, 2.75) is 0 Å². The summed E-state index contributed by atoms with van der Waals surface area (Å²) in [5, 5.41) is 0.961. The van der Waals surface area contributed by atoms with Crippen LogP contribution in [0.3, 0.4) is 0 Å². The number of aromatic nitrogens is 1. The van der Waals surface area contributed by atoms with Gasteiger partial charge < -0.3 is 4.98 Å². The third kappa shape index (κ3) is 1.13. The highest BCUT2D eigenvalue weighted by Gasteiger charge is 2.31. The number of carbonyl (C=O) groups excluding carboxylic acids is 1. The largest absolute Gasteiger partial charge is 0.339 e. The van der Waals surface area contributed by atoms with Crippen molar-refractivity contribution in [3.8, 4) is 0 Å². The highest BCUT2D eigenvalue weighted by atomic mass is 16.1. The van der Waals surface area contributed by atoms with Crippen molar-refractivity contribution in [2.75, 3.05) is 0 Å². The molecule has 0 amide bonds. The van der Waals surface area contributed by atoms with Crippen molar-refractivity contribution in [2.24, 2.45) is 10.9 Å². The molecule has 3 nitrogen and oxygen atoms in total. The minimum Gasteiger partial charge on any atom is -0.339 e. The smallest absolute Gasteiger partial charge is 0.180 e. The van der Waals surface area contributed by atoms with Crippen LogP contribution in [0.2, 0.25) is 0 Å². The molecule has 1 atom stereocenters. The second-order valence-electron chi connectivity index (χ2n) is 4.52. The summed E-state index contributed by atoms with van der Waals surface area (Å²) < 4.78 is 0. The van der Waals surface area contributed by atoms with Gasteiger partial charge in [0.2, 0.25) is 0 Å². The first kappa shape index (κ1) is 9.59. The second-order valence-corrected chi connectivity index (χ2v) is 4.52. The van der Waals surface area contributed by atoms with Crippen molar-refractivity contribution in [3.63, 3.8) is 0 Å². The Morgan fingerprint density at radius 1 is 1.17 bits per heavy atom. The normalized spacial score (nSPS) is 20.8. The topological polar surface area (TPSA) is 45.2 Å². The molecule has 0 radical (unpaired) electrons. The molecule has 1 aliphatic carbocycles. The number of carbonyl (C=O) groups is 1. The molecule has 2 aromatic rings. The first-order chi connectivity index (χ1) is 8.84. The van der Waals surface area contributed by atoms with E-state index in [2.05, 4.69) is 9.98 Å². The summed E-state index contributed by atoms with van der Waals surface area (Å²) in [7, 11) is 0. The third-order valence-electron chi connectivity index (χ3n) is 3.46. The third-order valence-corrected chi connectivity index (χ3v) is 3.46. The molecule has 4 rings (SSSR count). The molecule has 1 unspecified atom stereocenters. The summed E-state index contributed by atoms with van der Waals surface area (Å²) in [5.74, 6) is 0.599. The lowest BCUT2D eigenvalue weighted by molar-refractivity contribution is 0.0973. The Labute approximate surface area is 104 Å². The average Bonchev–Trinajstić information content (AvgIpc) is 2.77. The van der Waals surface area contributed by atoms with Gasteiger partial charge in [-0.1, -0.05) is 36.4 Å². The van der Waals surface area contributed by atoms with E-state index >= 15 is 0 Å². The summed E-state index contributed by atoms with van der Waals surface area (Å²) in [6, 6.07) is 7.83. The number of Topliss-reactive ketones (excluding diaryl/α,β-unsaturated/α-hetero) is 1. The lowest BCUT2D eigenvalue weighted by atomic mass is 9.87. The molecule has 3 heteroatoms. The van der Waals surface area contributed by atoms with Gasteiger partial charge in [0.15, 0.2) is 5.78 Å². The number of allylic oxidation sites excluding steroid dienone is 4. The number of ketones is 1. The molecule has 1 N–H and O–H groups in total. The predicted octanol–water partition coefficient (Wildman–Crippen LogP) is 3.18. The molecule has 2 aliphatic rings. The highest BCUT2D eigenvalue weighted by molar-refractivity contribution is 6.26. The fourth-order valence-corrected chi connectivity index (χ4v) is 2.61. The van der Waals surface area contributed by atoms with Crippen LogP contribution in [0.1, 0.15) is 10.4 Å². The quantitative estimate of drug-likeness (QED) is 0.747. The zero-order chi connectivity index (χ0) is 12.1. The van der Waals surface area contributed by atoms with Crippen LogP contribution in [0.5, 0.6) is 0 Å². The molecule has 0 saturated carbocycles. The molecule has 1 aromatic heterocycles. The maximum Gasteiger partial charge on any atom is 0.180 e. The molecule has 2 heterocycles. The van der Waals surface area contributed by atoms with Crippen LogP contribution in [0, 0.1) is 5.92 Å². The zero-order valence-corrected chi connectivity index (χ0v) is 9.55. The maximum absolute atomic E-state index is 12.5. The Morgan fingerprint density at radius 2 is 2.06 bits per heavy atom. The number of aromatic amines is 1. The van der Waals surface area contributed by atoms with Crippen LogP contribution in [0.4, 0.5) is 5.82 Å². The summed E-state index contributed by atoms with van der Waals surface area (Å²) in [5.41, 5.74) is 2.51. The first-order valence-electron chi connectivity index (χ1n) is 5.93. The molecular weight excluding hydrogens is 224 g/mol. The molecule has 0 bridgehead atoms. The van der Waals surface area contributed by atoms with Gasteiger partial charge in [0, 0.05) is 10.9 Å². The van der Waals surface area contributed by atoms with Crippen molar-refractivity contribution >= 4 is 28.2 Å². The summed E-state index contributed by atoms with van der Waals surface area (Å²) in [6.45, 7) is 0. The molecular formula is C15H10N2O. The Bertz CT molecular complexity index is 762. The van der Waals surface area contributed by atoms with Gasteiger partial charge in [-0.3, -0.25) is 4.79 Å². The van der Waals surface area contributed by atoms with E-state index in [1.807, 2.05) is 48.6 Å². The van der Waals surface area contributed by atoms with E-state index < -0.39 is 0 Å². The fourth-order valence-electron chi connectivity index (χ4n) is 2.61. The van der Waals surface area contributed by atoms with Crippen LogP contribution < -0.4 is 0 Å². The Balaban J connectivity index is 2.06. The number of rotatable bonds is 0. The number of hydrogen-bond acceptors (Lipinski definition) is 2. The van der Waals surface area contributed by atoms with E-state index in [1.54, 1.807) is 0 Å². The number of benzene rings is 1. The molecule has 18 heavy (non-hydrogen) atoms. The SMILES string of the molecule is O=C1c2c([nH]c3ccccc23)N=C2C=CC=CC12. The fraction of sp³-hybridized carbons (Fsp3) is 0.0667. The number of nitrogens with zero attached hydrogens (tertiary/aromatic N) is 1. The number of hydrogen-bond donors (Lipinski definition) is 1. The minimum absolute atomic E-state index is 0.132. The van der Waals surface area contributed by atoms with Crippen molar-refractivity contribution in [1.82, 2.24) is 4.98 Å². The van der Waals surface area contributed by atoms with E-state index in [0.717, 1.165) is 22.2 Å². The van der Waals surface area contributed by atoms with Gasteiger partial charge in [0.1, 0.15) is 5.82 Å². The number of aliphatic imine (C=N–C) groups is 1. The van der Waals surface area contributed by atoms with Crippen molar-refractivity contribution in [3.05, 3.63) is 54.1 Å². The Morgan fingerprint density at radius 3 is 3.00 bits per heavy atom. The van der Waals surface area contributed by atoms with E-state index in [9.17, 15) is 4.79 Å². The summed E-state index contributed by atoms with van der Waals surface area (Å²) in [6.07, 6.45) is 7.63. The van der Waals surface area contributed by atoms with E-state index in [1.165, 1.54) is 0 Å². The maximum atomic E-state index is 12.5. The van der Waals surface area contributed by atoms with Crippen LogP contribution in [0.25, 0.3) is 10.9 Å². The van der Waals surface area contributed by atoms with Crippen LogP contribution >= 0.6 is 0 Å². The molecule has 0 fully saturated rings. The summed E-state index contributed by atoms with van der Waals surface area (Å²) >= 11 is 0. The number of H-pyrrole nitrogens is 1. The first-order valence-corrected chi connectivity index (χ1v) is 5.93. The molecule has 0 spiro atoms. The van der Waals surface area contributed by atoms with Gasteiger partial charge in [0.25, 0.3) is 0 Å². The molecule has 86 valence electrons. The predicted molar refractivity (Wildman–Crippen MR) is 71.5 cm³/mol. The van der Waals surface area contributed by atoms with Gasteiger partial charge in [-0.15, -0.1) is 0 Å². The average molecular weight is 234 g/mol. The van der Waals surface area contributed by atoms with E-state index in [0.29, 0.717) is 5.82 Å². The van der Waals surface area contributed by atoms with Gasteiger partial charge in [-0.05, 0) is 12.1 Å². The second kappa shape index (κ2) is 3.29. The van der Waals surface area contributed by atoms with E-state index in [-0.39, 0.29) is 11.7 Å². The van der Waals surface area contributed by atoms with Crippen LogP contribution in [-0.2, 0) is 0 Å². The Kier molecular flexibility index (Phi) is 1.75. The number of fused-ring (bicyclic) bond motifs is 4. The molecule has 1 aliphatic heterocycles. The summed E-state index contributed by atoms with van der Waals surface area (Å²) in [4.78, 5) is 20.3. The number of nitrogens with one attached hydrogen (secondary N) is 1. The van der Waals surface area contributed by atoms with Crippen molar-refractivity contribution < 1.29 is 4.79 Å². The minimum atomic E-state index is -0.221. The highest BCUT2D eigenvalue weighted by Crippen LogP contribution is 2.35.